The second kappa shape index (κ2) is 8.82. The Morgan fingerprint density at radius 1 is 1.28 bits per heavy atom. The number of carbonyl (C=O) groups is 2. The molecule has 0 aromatic heterocycles. The second-order valence-corrected chi connectivity index (χ2v) is 6.38. The number of benzene rings is 1. The first-order valence-corrected chi connectivity index (χ1v) is 8.98. The molecule has 0 bridgehead atoms. The van der Waals surface area contributed by atoms with Crippen molar-refractivity contribution < 1.29 is 14.5 Å². The van der Waals surface area contributed by atoms with E-state index in [9.17, 15) is 9.59 Å². The van der Waals surface area contributed by atoms with Crippen LogP contribution in [0.3, 0.4) is 0 Å². The third-order valence-corrected chi connectivity index (χ3v) is 4.69. The molecule has 0 saturated carbocycles. The highest BCUT2D eigenvalue weighted by Crippen LogP contribution is 2.23. The normalized spacial score (nSPS) is 18.3. The van der Waals surface area contributed by atoms with Gasteiger partial charge in [0, 0.05) is 6.21 Å². The minimum atomic E-state index is -0.946. The van der Waals surface area contributed by atoms with Crippen molar-refractivity contribution in [3.63, 3.8) is 0 Å². The highest BCUT2D eigenvalue weighted by molar-refractivity contribution is 7.80. The molecule has 6 nitrogen and oxygen atoms in total. The minimum Gasteiger partial charge on any atom is -0.334 e. The zero-order chi connectivity index (χ0) is 18.4. The largest absolute Gasteiger partial charge is 0.334 e. The Balaban J connectivity index is 2.13. The summed E-state index contributed by atoms with van der Waals surface area (Å²) in [5, 5.41) is 2.72. The molecule has 0 spiro atoms. The van der Waals surface area contributed by atoms with Crippen molar-refractivity contribution in [3.05, 3.63) is 29.8 Å². The van der Waals surface area contributed by atoms with Gasteiger partial charge in [-0.3, -0.25) is 19.5 Å². The summed E-state index contributed by atoms with van der Waals surface area (Å²) < 4.78 is 0. The highest BCUT2D eigenvalue weighted by atomic mass is 32.1. The Kier molecular flexibility index (Phi) is 6.78. The molecule has 1 saturated heterocycles. The molecule has 1 aromatic rings. The summed E-state index contributed by atoms with van der Waals surface area (Å²) >= 11 is 5.20. The molecule has 1 aliphatic rings. The maximum atomic E-state index is 12.8. The summed E-state index contributed by atoms with van der Waals surface area (Å²) in [4.78, 5) is 32.1. The molecule has 1 aliphatic heterocycles. The SMILES string of the molecule is CC[NH+](CC)CCN=CC1C(=O)NC(=S)N(c2ccccc2C)C1=O. The summed E-state index contributed by atoms with van der Waals surface area (Å²) in [5.74, 6) is -1.72. The van der Waals surface area contributed by atoms with E-state index < -0.39 is 11.8 Å². The van der Waals surface area contributed by atoms with E-state index in [1.165, 1.54) is 16.0 Å². The summed E-state index contributed by atoms with van der Waals surface area (Å²) in [6.45, 7) is 9.68. The lowest BCUT2D eigenvalue weighted by Gasteiger charge is -2.31. The molecule has 0 radical (unpaired) electrons. The predicted molar refractivity (Wildman–Crippen MR) is 103 cm³/mol. The molecular weight excluding hydrogens is 336 g/mol. The number of aryl methyl sites for hydroxylation is 1. The first-order valence-electron chi connectivity index (χ1n) is 8.57. The van der Waals surface area contributed by atoms with Crippen LogP contribution in [0.5, 0.6) is 0 Å². The topological polar surface area (TPSA) is 66.2 Å². The van der Waals surface area contributed by atoms with E-state index in [0.717, 1.165) is 25.2 Å². The molecule has 1 unspecified atom stereocenters. The van der Waals surface area contributed by atoms with E-state index in [-0.39, 0.29) is 11.0 Å². The number of hydrogen-bond donors (Lipinski definition) is 2. The maximum Gasteiger partial charge on any atom is 0.251 e. The Bertz CT molecular complexity index is 685. The molecule has 2 amide bonds. The van der Waals surface area contributed by atoms with Gasteiger partial charge in [0.2, 0.25) is 5.91 Å². The number of para-hydroxylation sites is 1. The van der Waals surface area contributed by atoms with Crippen LogP contribution in [0.4, 0.5) is 5.69 Å². The summed E-state index contributed by atoms with van der Waals surface area (Å²) in [7, 11) is 0. The molecule has 7 heteroatoms. The Morgan fingerprint density at radius 3 is 2.60 bits per heavy atom. The number of likely N-dealkylation sites (N-methyl/N-ethyl adjacent to an activating group) is 1. The zero-order valence-corrected chi connectivity index (χ0v) is 15.7. The van der Waals surface area contributed by atoms with Gasteiger partial charge in [-0.25, -0.2) is 0 Å². The number of quaternary nitrogens is 1. The number of nitrogens with zero attached hydrogens (tertiary/aromatic N) is 2. The summed E-state index contributed by atoms with van der Waals surface area (Å²) in [5.41, 5.74) is 1.60. The predicted octanol–water partition coefficient (Wildman–Crippen LogP) is 0.354. The standard InChI is InChI=1S/C18H24N4O2S/c1-4-21(5-2)11-10-19-12-14-16(23)20-18(25)22(17(14)24)15-9-7-6-8-13(15)3/h6-9,12,14H,4-5,10-11H2,1-3H3,(H,20,23,25)/p+1. The molecule has 0 aliphatic carbocycles. The third kappa shape index (κ3) is 4.49. The molecule has 134 valence electrons. The lowest BCUT2D eigenvalue weighted by Crippen LogP contribution is -3.11. The molecular formula is C18H25N4O2S+. The number of nitrogens with one attached hydrogen (secondary N) is 2. The van der Waals surface area contributed by atoms with Crippen LogP contribution in [-0.4, -0.2) is 49.3 Å². The molecule has 2 rings (SSSR count). The van der Waals surface area contributed by atoms with E-state index in [2.05, 4.69) is 24.2 Å². The highest BCUT2D eigenvalue weighted by Gasteiger charge is 2.38. The van der Waals surface area contributed by atoms with Gasteiger partial charge in [-0.15, -0.1) is 0 Å². The van der Waals surface area contributed by atoms with Crippen LogP contribution in [-0.2, 0) is 9.59 Å². The molecule has 1 atom stereocenters. The summed E-state index contributed by atoms with van der Waals surface area (Å²) in [6, 6.07) is 7.44. The van der Waals surface area contributed by atoms with Gasteiger partial charge in [0.1, 0.15) is 0 Å². The van der Waals surface area contributed by atoms with E-state index in [1.807, 2.05) is 31.2 Å². The average Bonchev–Trinajstić information content (AvgIpc) is 2.59. The average molecular weight is 361 g/mol. The number of hydrogen-bond acceptors (Lipinski definition) is 4. The van der Waals surface area contributed by atoms with Crippen LogP contribution in [0.25, 0.3) is 0 Å². The van der Waals surface area contributed by atoms with Crippen molar-refractivity contribution in [2.45, 2.75) is 20.8 Å². The van der Waals surface area contributed by atoms with Crippen molar-refractivity contribution in [1.82, 2.24) is 5.32 Å². The lowest BCUT2D eigenvalue weighted by molar-refractivity contribution is -0.894. The summed E-state index contributed by atoms with van der Waals surface area (Å²) in [6.07, 6.45) is 1.45. The van der Waals surface area contributed by atoms with Crippen molar-refractivity contribution in [1.29, 1.82) is 0 Å². The molecule has 2 N–H and O–H groups in total. The smallest absolute Gasteiger partial charge is 0.251 e. The molecule has 25 heavy (non-hydrogen) atoms. The third-order valence-electron chi connectivity index (χ3n) is 4.41. The quantitative estimate of drug-likeness (QED) is 0.419. The monoisotopic (exact) mass is 361 g/mol. The number of rotatable bonds is 7. The van der Waals surface area contributed by atoms with Crippen LogP contribution in [0.1, 0.15) is 19.4 Å². The van der Waals surface area contributed by atoms with Crippen LogP contribution in [0.15, 0.2) is 29.3 Å². The van der Waals surface area contributed by atoms with E-state index in [4.69, 9.17) is 12.2 Å². The van der Waals surface area contributed by atoms with Gasteiger partial charge in [0.15, 0.2) is 11.0 Å². The minimum absolute atomic E-state index is 0.113. The van der Waals surface area contributed by atoms with Crippen LogP contribution >= 0.6 is 12.2 Å². The number of carbonyl (C=O) groups excluding carboxylic acids is 2. The van der Waals surface area contributed by atoms with Crippen LogP contribution < -0.4 is 15.1 Å². The second-order valence-electron chi connectivity index (χ2n) is 5.99. The Morgan fingerprint density at radius 2 is 1.96 bits per heavy atom. The number of amides is 2. The van der Waals surface area contributed by atoms with Gasteiger partial charge in [-0.1, -0.05) is 18.2 Å². The Hall–Kier alpha value is -2.12. The first kappa shape index (κ1) is 19.2. The van der Waals surface area contributed by atoms with Gasteiger partial charge in [0.05, 0.1) is 31.9 Å². The van der Waals surface area contributed by atoms with E-state index in [1.54, 1.807) is 0 Å². The van der Waals surface area contributed by atoms with Crippen molar-refractivity contribution >= 4 is 41.0 Å². The fraction of sp³-hybridized carbons (Fsp3) is 0.444. The van der Waals surface area contributed by atoms with Crippen LogP contribution in [0, 0.1) is 12.8 Å². The molecule has 1 heterocycles. The zero-order valence-electron chi connectivity index (χ0n) is 14.9. The van der Waals surface area contributed by atoms with Crippen molar-refractivity contribution in [2.75, 3.05) is 31.1 Å². The van der Waals surface area contributed by atoms with Gasteiger partial charge in [0.25, 0.3) is 5.91 Å². The van der Waals surface area contributed by atoms with E-state index >= 15 is 0 Å². The fourth-order valence-corrected chi connectivity index (χ4v) is 3.06. The van der Waals surface area contributed by atoms with Crippen molar-refractivity contribution in [3.8, 4) is 0 Å². The van der Waals surface area contributed by atoms with E-state index in [0.29, 0.717) is 12.2 Å². The lowest BCUT2D eigenvalue weighted by atomic mass is 10.0. The molecule has 1 fully saturated rings. The Labute approximate surface area is 153 Å². The van der Waals surface area contributed by atoms with Gasteiger partial charge < -0.3 is 10.2 Å². The molecule has 1 aromatic carbocycles. The van der Waals surface area contributed by atoms with Gasteiger partial charge >= 0.3 is 0 Å². The number of aliphatic imine (C=N–C) groups is 1. The van der Waals surface area contributed by atoms with Crippen LogP contribution in [0.2, 0.25) is 0 Å². The maximum absolute atomic E-state index is 12.8. The van der Waals surface area contributed by atoms with Gasteiger partial charge in [-0.2, -0.15) is 0 Å². The van der Waals surface area contributed by atoms with Gasteiger partial charge in [-0.05, 0) is 44.6 Å². The number of thiocarbonyl (C=S) groups is 1. The fourth-order valence-electron chi connectivity index (χ4n) is 2.77. The van der Waals surface area contributed by atoms with Crippen molar-refractivity contribution in [2.24, 2.45) is 10.9 Å². The number of anilines is 1. The first-order chi connectivity index (χ1) is 12.0.